The first kappa shape index (κ1) is 51.1. The highest BCUT2D eigenvalue weighted by molar-refractivity contribution is 8.23. The second kappa shape index (κ2) is 14.2. The lowest BCUT2D eigenvalue weighted by Gasteiger charge is -2.84. The van der Waals surface area contributed by atoms with E-state index < -0.39 is 50.7 Å². The molecule has 2 aromatic carbocycles. The molecule has 0 radical (unpaired) electrons. The Balaban J connectivity index is 2.90. The van der Waals surface area contributed by atoms with Crippen LogP contribution in [0.4, 0.5) is 0 Å². The summed E-state index contributed by atoms with van der Waals surface area (Å²) in [5.74, 6) is 0. The summed E-state index contributed by atoms with van der Waals surface area (Å²) in [5.41, 5.74) is 10.1. The lowest BCUT2D eigenvalue weighted by molar-refractivity contribution is 0.623. The molecule has 2 heterocycles. The van der Waals surface area contributed by atoms with E-state index in [0.717, 1.165) is 0 Å². The molecule has 0 aromatic heterocycles. The lowest BCUT2D eigenvalue weighted by atomic mass is 10.2. The van der Waals surface area contributed by atoms with Crippen LogP contribution in [0.25, 0.3) is 10.4 Å². The summed E-state index contributed by atoms with van der Waals surface area (Å²) in [6.07, 6.45) is 0. The third-order valence-corrected chi connectivity index (χ3v) is 176. The fraction of sp³-hybridized carbons (Fsp3) is 0.692. The zero-order valence-corrected chi connectivity index (χ0v) is 51.4. The van der Waals surface area contributed by atoms with E-state index in [4.69, 9.17) is 0 Å². The summed E-state index contributed by atoms with van der Waals surface area (Å²) in [4.78, 5) is 0. The minimum Gasteiger partial charge on any atom is -0.102 e. The van der Waals surface area contributed by atoms with Crippen molar-refractivity contribution in [3.8, 4) is 0 Å². The van der Waals surface area contributed by atoms with Crippen molar-refractivity contribution in [3.05, 3.63) is 83.2 Å². The van der Waals surface area contributed by atoms with Crippen LogP contribution in [0.3, 0.4) is 0 Å². The van der Waals surface area contributed by atoms with Crippen LogP contribution in [0.15, 0.2) is 72.1 Å². The zero-order valence-electron chi connectivity index (χ0n) is 44.4. The molecule has 2 aromatic rings. The molecule has 0 unspecified atom stereocenters. The van der Waals surface area contributed by atoms with E-state index in [2.05, 4.69) is 264 Å². The number of rotatable bonds is 6. The molecule has 4 rings (SSSR count). The first-order valence-corrected chi connectivity index (χ1v) is 45.6. The van der Waals surface area contributed by atoms with E-state index in [0.29, 0.717) is 0 Å². The Kier molecular flexibility index (Phi) is 12.3. The first-order chi connectivity index (χ1) is 25.9. The quantitative estimate of drug-likeness (QED) is 0.253. The molecule has 0 fully saturated rings. The highest BCUT2D eigenvalue weighted by Gasteiger charge is 2.96. The summed E-state index contributed by atoms with van der Waals surface area (Å²) in [7, 11) is -12.5. The average Bonchev–Trinajstić information content (AvgIpc) is 3.23. The highest BCUT2D eigenvalue weighted by atomic mass is 30.2. The summed E-state index contributed by atoms with van der Waals surface area (Å²) in [6, 6.07) is 24.7. The van der Waals surface area contributed by atoms with Crippen molar-refractivity contribution in [2.75, 3.05) is 0 Å². The molecule has 2 atom stereocenters. The van der Waals surface area contributed by atoms with Crippen LogP contribution in [0.5, 0.6) is 0 Å². The fourth-order valence-electron chi connectivity index (χ4n) is 16.2. The maximum absolute atomic E-state index is 3.53. The second-order valence-electron chi connectivity index (χ2n) is 28.7. The summed E-state index contributed by atoms with van der Waals surface area (Å²) >= 11 is 0. The van der Waals surface area contributed by atoms with Gasteiger partial charge in [0.15, 0.2) is 0 Å². The third-order valence-electron chi connectivity index (χ3n) is 20.0. The van der Waals surface area contributed by atoms with Crippen molar-refractivity contribution in [2.24, 2.45) is 0 Å². The van der Waals surface area contributed by atoms with Gasteiger partial charge in [-0.25, -0.2) is 0 Å². The molecule has 0 saturated carbocycles. The SMILES string of the molecule is CC(C)(C)[Si](C)(C(C)(C)C)[Si]1([Si](C)(C(C)(C)C)C(C)(C)C)C=C(c2ccccc2)[Si@]2([Si](C)(C(C)(C)C)C(C)(C)C)C=C(c3ccccc3)[Si@]12[Si](C)(C(C)(C)C)C(C)(C)C. The number of fused-ring (bicyclic) bond motifs is 1. The maximum Gasteiger partial charge on any atom is 0.0969 e. The molecule has 0 saturated heterocycles. The van der Waals surface area contributed by atoms with Gasteiger partial charge in [0.2, 0.25) is 0 Å². The van der Waals surface area contributed by atoms with Crippen LogP contribution in [0.1, 0.15) is 177 Å². The number of benzene rings is 2. The molecule has 2 aliphatic rings. The Labute approximate surface area is 374 Å². The number of hydrogen-bond donors (Lipinski definition) is 0. The van der Waals surface area contributed by atoms with Gasteiger partial charge in [-0.3, -0.25) is 0 Å². The van der Waals surface area contributed by atoms with Crippen LogP contribution in [-0.2, 0) is 0 Å². The van der Waals surface area contributed by atoms with Crippen molar-refractivity contribution < 1.29 is 0 Å². The topological polar surface area (TPSA) is 0 Å². The monoisotopic (exact) mass is 917 g/mol. The largest absolute Gasteiger partial charge is 0.102 e. The van der Waals surface area contributed by atoms with E-state index in [1.807, 2.05) is 10.4 Å². The molecular formula is C52H96Si7. The van der Waals surface area contributed by atoms with Crippen molar-refractivity contribution in [1.29, 1.82) is 0 Å². The Hall–Kier alpha value is -0.562. The molecule has 0 spiro atoms. The highest BCUT2D eigenvalue weighted by Crippen LogP contribution is 2.81. The molecule has 0 aliphatic carbocycles. The third kappa shape index (κ3) is 6.01. The van der Waals surface area contributed by atoms with Gasteiger partial charge in [-0.15, -0.1) is 5.70 Å². The molecule has 7 heteroatoms. The molecular weight excluding hydrogens is 821 g/mol. The van der Waals surface area contributed by atoms with E-state index in [9.17, 15) is 0 Å². The van der Waals surface area contributed by atoms with Gasteiger partial charge in [0, 0.05) is 0 Å². The maximum atomic E-state index is 3.53. The Bertz CT molecular complexity index is 1840. The molecule has 0 N–H and O–H groups in total. The minimum absolute atomic E-state index is 0.184. The second-order valence-corrected chi connectivity index (χ2v) is 97.2. The van der Waals surface area contributed by atoms with Gasteiger partial charge in [-0.05, 0) is 51.4 Å². The van der Waals surface area contributed by atoms with Crippen LogP contribution in [-0.4, -0.2) is 50.7 Å². The lowest BCUT2D eigenvalue weighted by Crippen LogP contribution is -3.07. The predicted molar refractivity (Wildman–Crippen MR) is 290 cm³/mol. The standard InChI is InChI=1S/C52H96Si7/c1-45(2,3)53(25,46(4,5)6)57-39-44(42-37-33-30-34-38-42)59(57,56(28,51(19,20)21)52(22,23)24)58(40-43(57)41-35-31-29-32-36-41,54(26,47(7,8)9)48(10,11)12)55(27,49(13,14)15)50(16,17)18/h29-40H,1-28H3/t57-,59+/m0/s1. The first-order valence-electron chi connectivity index (χ1n) is 23.5. The van der Waals surface area contributed by atoms with Crippen molar-refractivity contribution in [1.82, 2.24) is 0 Å². The Morgan fingerprint density at radius 3 is 0.814 bits per heavy atom. The minimum atomic E-state index is -2.77. The zero-order chi connectivity index (χ0) is 46.3. The van der Waals surface area contributed by atoms with Gasteiger partial charge >= 0.3 is 0 Å². The summed E-state index contributed by atoms with van der Waals surface area (Å²) < 4.78 is 0. The molecule has 0 bridgehead atoms. The fourth-order valence-corrected chi connectivity index (χ4v) is 301. The Morgan fingerprint density at radius 1 is 0.305 bits per heavy atom. The van der Waals surface area contributed by atoms with Gasteiger partial charge in [0.1, 0.15) is 0 Å². The van der Waals surface area contributed by atoms with Crippen LogP contribution >= 0.6 is 0 Å². The summed E-state index contributed by atoms with van der Waals surface area (Å²) in [6.45, 7) is 73.8. The van der Waals surface area contributed by atoms with Crippen molar-refractivity contribution in [3.63, 3.8) is 0 Å². The molecule has 2 aliphatic heterocycles. The predicted octanol–water partition coefficient (Wildman–Crippen LogP) is 17.9. The van der Waals surface area contributed by atoms with Gasteiger partial charge in [0.25, 0.3) is 0 Å². The van der Waals surface area contributed by atoms with E-state index in [1.165, 1.54) is 0 Å². The van der Waals surface area contributed by atoms with E-state index in [1.54, 1.807) is 11.1 Å². The van der Waals surface area contributed by atoms with E-state index in [-0.39, 0.29) is 40.3 Å². The van der Waals surface area contributed by atoms with Crippen LogP contribution in [0.2, 0.25) is 66.5 Å². The van der Waals surface area contributed by atoms with Crippen LogP contribution < -0.4 is 0 Å². The van der Waals surface area contributed by atoms with Crippen LogP contribution in [0, 0.1) is 0 Å². The Morgan fingerprint density at radius 2 is 0.559 bits per heavy atom. The van der Waals surface area contributed by atoms with Gasteiger partial charge < -0.3 is 0 Å². The van der Waals surface area contributed by atoms with Crippen molar-refractivity contribution >= 4 is 61.1 Å². The molecule has 0 nitrogen and oxygen atoms in total. The van der Waals surface area contributed by atoms with Gasteiger partial charge in [-0.1, -0.05) is 269 Å². The van der Waals surface area contributed by atoms with E-state index >= 15 is 0 Å². The van der Waals surface area contributed by atoms with Gasteiger partial charge in [0.05, 0.1) is 50.7 Å². The molecule has 332 valence electrons. The number of hydrogen-bond acceptors (Lipinski definition) is 0. The molecule has 0 amide bonds. The van der Waals surface area contributed by atoms with Gasteiger partial charge in [-0.2, -0.15) is 0 Å². The normalized spacial score (nSPS) is 23.1. The summed E-state index contributed by atoms with van der Waals surface area (Å²) in [5, 5.41) is 5.48. The molecule has 59 heavy (non-hydrogen) atoms. The van der Waals surface area contributed by atoms with Crippen molar-refractivity contribution in [2.45, 2.75) is 233 Å². The average molecular weight is 918 g/mol. The smallest absolute Gasteiger partial charge is 0.0969 e.